The van der Waals surface area contributed by atoms with Crippen LogP contribution in [0.2, 0.25) is 5.02 Å². The molecule has 2 aromatic carbocycles. The summed E-state index contributed by atoms with van der Waals surface area (Å²) in [6.07, 6.45) is 0. The molecule has 2 rings (SSSR count). The highest BCUT2D eigenvalue weighted by molar-refractivity contribution is 6.30. The smallest absolute Gasteiger partial charge is 0.131 e. The number of hydrogen-bond donors (Lipinski definition) is 1. The van der Waals surface area contributed by atoms with Crippen molar-refractivity contribution in [3.8, 4) is 5.75 Å². The first-order valence-corrected chi connectivity index (χ1v) is 6.02. The monoisotopic (exact) mass is 283 g/mol. The molecule has 0 spiro atoms. The van der Waals surface area contributed by atoms with Crippen molar-refractivity contribution in [1.29, 1.82) is 0 Å². The molecular formula is C14H12ClF2NO. The quantitative estimate of drug-likeness (QED) is 0.929. The highest BCUT2D eigenvalue weighted by atomic mass is 35.5. The standard InChI is InChI=1S/C14H12ClF2NO/c15-11-2-1-10(14(17)5-11)8-19-13-4-9(7-18)3-12(16)6-13/h1-6H,7-8,18H2. The Balaban J connectivity index is 2.12. The molecule has 0 atom stereocenters. The average molecular weight is 284 g/mol. The maximum Gasteiger partial charge on any atom is 0.131 e. The van der Waals surface area contributed by atoms with Crippen molar-refractivity contribution < 1.29 is 13.5 Å². The van der Waals surface area contributed by atoms with Gasteiger partial charge in [-0.05, 0) is 29.8 Å². The Kier molecular flexibility index (Phi) is 4.35. The molecule has 0 unspecified atom stereocenters. The second-order valence-electron chi connectivity index (χ2n) is 4.02. The van der Waals surface area contributed by atoms with Crippen LogP contribution < -0.4 is 10.5 Å². The molecule has 0 amide bonds. The van der Waals surface area contributed by atoms with Crippen molar-refractivity contribution in [3.05, 3.63) is 64.2 Å². The van der Waals surface area contributed by atoms with Gasteiger partial charge >= 0.3 is 0 Å². The van der Waals surface area contributed by atoms with E-state index in [1.165, 1.54) is 24.3 Å². The lowest BCUT2D eigenvalue weighted by Gasteiger charge is -2.09. The third-order valence-electron chi connectivity index (χ3n) is 2.58. The summed E-state index contributed by atoms with van der Waals surface area (Å²) in [6, 6.07) is 8.48. The topological polar surface area (TPSA) is 35.2 Å². The van der Waals surface area contributed by atoms with Gasteiger partial charge in [-0.2, -0.15) is 0 Å². The molecule has 2 N–H and O–H groups in total. The van der Waals surface area contributed by atoms with E-state index in [9.17, 15) is 8.78 Å². The average Bonchev–Trinajstić information content (AvgIpc) is 2.37. The van der Waals surface area contributed by atoms with Gasteiger partial charge in [0.05, 0.1) is 0 Å². The molecule has 0 heterocycles. The number of halogens is 3. The maximum absolute atomic E-state index is 13.5. The summed E-state index contributed by atoms with van der Waals surface area (Å²) in [5.41, 5.74) is 6.41. The van der Waals surface area contributed by atoms with Gasteiger partial charge in [0.25, 0.3) is 0 Å². The Hall–Kier alpha value is -1.65. The zero-order chi connectivity index (χ0) is 13.8. The predicted octanol–water partition coefficient (Wildman–Crippen LogP) is 3.66. The van der Waals surface area contributed by atoms with Gasteiger partial charge in [0.15, 0.2) is 0 Å². The molecule has 0 bridgehead atoms. The number of rotatable bonds is 4. The SMILES string of the molecule is NCc1cc(F)cc(OCc2ccc(Cl)cc2F)c1. The maximum atomic E-state index is 13.5. The zero-order valence-electron chi connectivity index (χ0n) is 10.00. The highest BCUT2D eigenvalue weighted by Gasteiger charge is 2.05. The van der Waals surface area contributed by atoms with Crippen LogP contribution in [-0.2, 0) is 13.2 Å². The van der Waals surface area contributed by atoms with E-state index in [1.54, 1.807) is 12.1 Å². The van der Waals surface area contributed by atoms with Crippen LogP contribution >= 0.6 is 11.6 Å². The van der Waals surface area contributed by atoms with Gasteiger partial charge in [0, 0.05) is 23.2 Å². The summed E-state index contributed by atoms with van der Waals surface area (Å²) in [5, 5.41) is 0.317. The molecule has 0 aromatic heterocycles. The van der Waals surface area contributed by atoms with Gasteiger partial charge in [-0.1, -0.05) is 17.7 Å². The molecule has 0 saturated heterocycles. The second-order valence-corrected chi connectivity index (χ2v) is 4.46. The minimum absolute atomic E-state index is 0.00350. The summed E-state index contributed by atoms with van der Waals surface area (Å²) in [7, 11) is 0. The molecule has 2 aromatic rings. The van der Waals surface area contributed by atoms with Crippen LogP contribution in [0.5, 0.6) is 5.75 Å². The van der Waals surface area contributed by atoms with Crippen LogP contribution in [0.1, 0.15) is 11.1 Å². The summed E-state index contributed by atoms with van der Waals surface area (Å²) >= 11 is 5.65. The van der Waals surface area contributed by atoms with E-state index in [0.717, 1.165) is 0 Å². The summed E-state index contributed by atoms with van der Waals surface area (Å²) in [4.78, 5) is 0. The second kappa shape index (κ2) is 5.99. The molecule has 19 heavy (non-hydrogen) atoms. The number of hydrogen-bond acceptors (Lipinski definition) is 2. The van der Waals surface area contributed by atoms with Gasteiger partial charge in [-0.25, -0.2) is 8.78 Å². The van der Waals surface area contributed by atoms with Gasteiger partial charge in [-0.3, -0.25) is 0 Å². The molecule has 0 aliphatic heterocycles. The zero-order valence-corrected chi connectivity index (χ0v) is 10.8. The van der Waals surface area contributed by atoms with Crippen LogP contribution in [0.3, 0.4) is 0 Å². The summed E-state index contributed by atoms with van der Waals surface area (Å²) in [5.74, 6) is -0.577. The number of nitrogens with two attached hydrogens (primary N) is 1. The van der Waals surface area contributed by atoms with E-state index >= 15 is 0 Å². The van der Waals surface area contributed by atoms with Crippen molar-refractivity contribution in [3.63, 3.8) is 0 Å². The summed E-state index contributed by atoms with van der Waals surface area (Å²) in [6.45, 7) is 0.208. The third kappa shape index (κ3) is 3.66. The van der Waals surface area contributed by atoms with Crippen LogP contribution in [0.4, 0.5) is 8.78 Å². The summed E-state index contributed by atoms with van der Waals surface area (Å²) < 4.78 is 32.1. The van der Waals surface area contributed by atoms with Crippen LogP contribution in [0, 0.1) is 11.6 Å². The minimum atomic E-state index is -0.456. The van der Waals surface area contributed by atoms with Gasteiger partial charge in [0.1, 0.15) is 24.0 Å². The van der Waals surface area contributed by atoms with E-state index in [1.807, 2.05) is 0 Å². The van der Waals surface area contributed by atoms with Crippen molar-refractivity contribution in [2.75, 3.05) is 0 Å². The normalized spacial score (nSPS) is 10.5. The first-order chi connectivity index (χ1) is 9.08. The molecule has 0 saturated carbocycles. The first kappa shape index (κ1) is 13.8. The largest absolute Gasteiger partial charge is 0.489 e. The van der Waals surface area contributed by atoms with E-state index in [-0.39, 0.29) is 13.2 Å². The lowest BCUT2D eigenvalue weighted by Crippen LogP contribution is -2.01. The number of benzene rings is 2. The molecule has 0 aliphatic rings. The van der Waals surface area contributed by atoms with Crippen LogP contribution in [-0.4, -0.2) is 0 Å². The van der Waals surface area contributed by atoms with Gasteiger partial charge < -0.3 is 10.5 Å². The van der Waals surface area contributed by atoms with Crippen LogP contribution in [0.15, 0.2) is 36.4 Å². The van der Waals surface area contributed by atoms with E-state index in [0.29, 0.717) is 21.9 Å². The fourth-order valence-electron chi connectivity index (χ4n) is 1.62. The molecule has 0 radical (unpaired) electrons. The minimum Gasteiger partial charge on any atom is -0.489 e. The predicted molar refractivity (Wildman–Crippen MR) is 70.0 cm³/mol. The highest BCUT2D eigenvalue weighted by Crippen LogP contribution is 2.20. The Morgan fingerprint density at radius 1 is 1.11 bits per heavy atom. The Labute approximate surface area is 114 Å². The molecule has 0 aliphatic carbocycles. The molecule has 100 valence electrons. The fraction of sp³-hybridized carbons (Fsp3) is 0.143. The van der Waals surface area contributed by atoms with Crippen molar-refractivity contribution in [2.24, 2.45) is 5.73 Å². The van der Waals surface area contributed by atoms with Gasteiger partial charge in [-0.15, -0.1) is 0 Å². The van der Waals surface area contributed by atoms with Crippen molar-refractivity contribution in [1.82, 2.24) is 0 Å². The van der Waals surface area contributed by atoms with E-state index in [4.69, 9.17) is 22.1 Å². The Morgan fingerprint density at radius 2 is 1.89 bits per heavy atom. The lowest BCUT2D eigenvalue weighted by atomic mass is 10.2. The third-order valence-corrected chi connectivity index (χ3v) is 2.81. The first-order valence-electron chi connectivity index (χ1n) is 5.65. The Bertz CT molecular complexity index is 590. The van der Waals surface area contributed by atoms with Crippen molar-refractivity contribution >= 4 is 11.6 Å². The van der Waals surface area contributed by atoms with Crippen molar-refractivity contribution in [2.45, 2.75) is 13.2 Å². The molecule has 0 fully saturated rings. The Morgan fingerprint density at radius 3 is 2.58 bits per heavy atom. The number of ether oxygens (including phenoxy) is 1. The molecule has 5 heteroatoms. The lowest BCUT2D eigenvalue weighted by molar-refractivity contribution is 0.298. The molecule has 2 nitrogen and oxygen atoms in total. The van der Waals surface area contributed by atoms with E-state index < -0.39 is 11.6 Å². The van der Waals surface area contributed by atoms with Crippen LogP contribution in [0.25, 0.3) is 0 Å². The van der Waals surface area contributed by atoms with Gasteiger partial charge in [0.2, 0.25) is 0 Å². The molecular weight excluding hydrogens is 272 g/mol. The van der Waals surface area contributed by atoms with E-state index in [2.05, 4.69) is 0 Å². The fourth-order valence-corrected chi connectivity index (χ4v) is 1.78.